The summed E-state index contributed by atoms with van der Waals surface area (Å²) in [6, 6.07) is 6.33. The highest BCUT2D eigenvalue weighted by Crippen LogP contribution is 2.39. The van der Waals surface area contributed by atoms with Crippen LogP contribution in [0.3, 0.4) is 0 Å². The molecule has 4 rings (SSSR count). The Bertz CT molecular complexity index is 1050. The predicted molar refractivity (Wildman–Crippen MR) is 142 cm³/mol. The standard InChI is InChI=1S/C26H41BN2O4Si/c1-24(2,3)34(8,9)31-19-13-14-22-20(18-19)21(28-29(22)23-12-10-11-17-30-23)15-16-27-32-25(4,5)26(6,7)33-27/h13-16,18,23H,10-12,17H2,1-9H3. The molecule has 8 heteroatoms. The smallest absolute Gasteiger partial charge is 0.487 e. The van der Waals surface area contributed by atoms with Gasteiger partial charge in [-0.25, -0.2) is 4.68 Å². The first kappa shape index (κ1) is 25.5. The van der Waals surface area contributed by atoms with Gasteiger partial charge >= 0.3 is 7.12 Å². The van der Waals surface area contributed by atoms with E-state index in [9.17, 15) is 0 Å². The van der Waals surface area contributed by atoms with Crippen molar-refractivity contribution < 1.29 is 18.5 Å². The summed E-state index contributed by atoms with van der Waals surface area (Å²) in [5.74, 6) is 2.86. The lowest BCUT2D eigenvalue weighted by molar-refractivity contribution is -0.0367. The van der Waals surface area contributed by atoms with Crippen LogP contribution in [0.25, 0.3) is 17.0 Å². The van der Waals surface area contributed by atoms with Gasteiger partial charge in [-0.2, -0.15) is 5.10 Å². The fraction of sp³-hybridized carbons (Fsp3) is 0.654. The van der Waals surface area contributed by atoms with Gasteiger partial charge in [0.25, 0.3) is 0 Å². The highest BCUT2D eigenvalue weighted by atomic mass is 28.4. The third-order valence-electron chi connectivity index (χ3n) is 8.00. The Kier molecular flexibility index (Phi) is 6.60. The van der Waals surface area contributed by atoms with E-state index in [4.69, 9.17) is 23.6 Å². The number of rotatable bonds is 5. The second-order valence-corrected chi connectivity index (χ2v) is 16.9. The van der Waals surface area contributed by atoms with Crippen LogP contribution in [-0.4, -0.2) is 43.0 Å². The molecule has 0 amide bonds. The van der Waals surface area contributed by atoms with Crippen LogP contribution in [0, 0.1) is 0 Å². The summed E-state index contributed by atoms with van der Waals surface area (Å²) in [6.07, 6.45) is 5.20. The van der Waals surface area contributed by atoms with Gasteiger partial charge in [-0.3, -0.25) is 0 Å². The van der Waals surface area contributed by atoms with Crippen molar-refractivity contribution in [3.05, 3.63) is 29.9 Å². The van der Waals surface area contributed by atoms with Crippen LogP contribution < -0.4 is 4.43 Å². The summed E-state index contributed by atoms with van der Waals surface area (Å²) in [5.41, 5.74) is 1.19. The zero-order chi connectivity index (χ0) is 24.9. The molecule has 34 heavy (non-hydrogen) atoms. The number of hydrogen-bond donors (Lipinski definition) is 0. The lowest BCUT2D eigenvalue weighted by Crippen LogP contribution is -2.43. The predicted octanol–water partition coefficient (Wildman–Crippen LogP) is 6.76. The Balaban J connectivity index is 1.70. The van der Waals surface area contributed by atoms with Gasteiger partial charge in [0.15, 0.2) is 6.23 Å². The zero-order valence-corrected chi connectivity index (χ0v) is 23.4. The molecule has 0 radical (unpaired) electrons. The highest BCUT2D eigenvalue weighted by molar-refractivity contribution is 6.74. The zero-order valence-electron chi connectivity index (χ0n) is 22.4. The van der Waals surface area contributed by atoms with E-state index in [2.05, 4.69) is 79.8 Å². The van der Waals surface area contributed by atoms with E-state index in [0.717, 1.165) is 48.2 Å². The van der Waals surface area contributed by atoms with E-state index in [0.29, 0.717) is 0 Å². The Morgan fingerprint density at radius 1 is 1.12 bits per heavy atom. The molecule has 0 bridgehead atoms. The van der Waals surface area contributed by atoms with Crippen molar-refractivity contribution in [1.29, 1.82) is 0 Å². The fourth-order valence-electron chi connectivity index (χ4n) is 4.05. The van der Waals surface area contributed by atoms with Gasteiger partial charge in [0.2, 0.25) is 8.32 Å². The average Bonchev–Trinajstić information content (AvgIpc) is 3.18. The molecule has 0 saturated carbocycles. The maximum absolute atomic E-state index is 6.61. The molecule has 1 atom stereocenters. The first-order valence-corrected chi connectivity index (χ1v) is 15.5. The molecular formula is C26H41BN2O4Si. The number of aromatic nitrogens is 2. The third-order valence-corrected chi connectivity index (χ3v) is 12.4. The molecule has 186 valence electrons. The summed E-state index contributed by atoms with van der Waals surface area (Å²) in [4.78, 5) is 0. The van der Waals surface area contributed by atoms with E-state index in [1.165, 1.54) is 0 Å². The molecule has 1 unspecified atom stereocenters. The Morgan fingerprint density at radius 3 is 2.38 bits per heavy atom. The minimum atomic E-state index is -1.96. The highest BCUT2D eigenvalue weighted by Gasteiger charge is 2.50. The quantitative estimate of drug-likeness (QED) is 0.439. The minimum Gasteiger partial charge on any atom is -0.543 e. The van der Waals surface area contributed by atoms with Crippen LogP contribution in [-0.2, 0) is 14.0 Å². The van der Waals surface area contributed by atoms with Crippen molar-refractivity contribution in [3.63, 3.8) is 0 Å². The van der Waals surface area contributed by atoms with Crippen LogP contribution in [0.2, 0.25) is 18.1 Å². The van der Waals surface area contributed by atoms with Crippen LogP contribution in [0.1, 0.15) is 79.7 Å². The first-order chi connectivity index (χ1) is 15.7. The molecule has 0 spiro atoms. The largest absolute Gasteiger partial charge is 0.543 e. The molecule has 1 aromatic carbocycles. The van der Waals surface area contributed by atoms with Crippen molar-refractivity contribution in [3.8, 4) is 5.75 Å². The molecule has 2 fully saturated rings. The Morgan fingerprint density at radius 2 is 1.79 bits per heavy atom. The van der Waals surface area contributed by atoms with Gasteiger partial charge in [0, 0.05) is 12.0 Å². The van der Waals surface area contributed by atoms with Crippen molar-refractivity contribution in [1.82, 2.24) is 9.78 Å². The van der Waals surface area contributed by atoms with Gasteiger partial charge in [0.1, 0.15) is 5.75 Å². The molecule has 0 N–H and O–H groups in total. The van der Waals surface area contributed by atoms with Crippen molar-refractivity contribution in [2.24, 2.45) is 0 Å². The molecule has 0 aliphatic carbocycles. The maximum atomic E-state index is 6.61. The van der Waals surface area contributed by atoms with E-state index in [1.54, 1.807) is 0 Å². The number of fused-ring (bicyclic) bond motifs is 1. The summed E-state index contributed by atoms with van der Waals surface area (Å²) in [7, 11) is -2.37. The van der Waals surface area contributed by atoms with Crippen LogP contribution in [0.5, 0.6) is 5.75 Å². The molecule has 2 aromatic rings. The van der Waals surface area contributed by atoms with Crippen molar-refractivity contribution in [2.75, 3.05) is 6.61 Å². The Hall–Kier alpha value is -1.61. The normalized spacial score (nSPS) is 23.2. The SMILES string of the molecule is CC1(C)OB(C=Cc2nn(C3CCCCO3)c3ccc(O[Si](C)(C)C(C)(C)C)cc23)OC1(C)C. The molecule has 2 aliphatic heterocycles. The van der Waals surface area contributed by atoms with Gasteiger partial charge < -0.3 is 18.5 Å². The topological polar surface area (TPSA) is 54.7 Å². The molecular weight excluding hydrogens is 443 g/mol. The number of ether oxygens (including phenoxy) is 1. The van der Waals surface area contributed by atoms with E-state index in [1.807, 2.05) is 16.7 Å². The molecule has 1 aromatic heterocycles. The number of hydrogen-bond acceptors (Lipinski definition) is 5. The summed E-state index contributed by atoms with van der Waals surface area (Å²) in [5, 5.41) is 6.16. The fourth-order valence-corrected chi connectivity index (χ4v) is 5.07. The summed E-state index contributed by atoms with van der Waals surface area (Å²) in [6.45, 7) is 20.4. The average molecular weight is 485 g/mol. The molecule has 2 aliphatic rings. The Labute approximate surface area is 206 Å². The van der Waals surface area contributed by atoms with Crippen molar-refractivity contribution >= 4 is 32.4 Å². The minimum absolute atomic E-state index is 0.0394. The summed E-state index contributed by atoms with van der Waals surface area (Å²) < 4.78 is 27.0. The van der Waals surface area contributed by atoms with Gasteiger partial charge in [-0.15, -0.1) is 0 Å². The number of benzene rings is 1. The summed E-state index contributed by atoms with van der Waals surface area (Å²) >= 11 is 0. The van der Waals surface area contributed by atoms with E-state index >= 15 is 0 Å². The molecule has 3 heterocycles. The molecule has 6 nitrogen and oxygen atoms in total. The van der Waals surface area contributed by atoms with Crippen LogP contribution in [0.15, 0.2) is 24.2 Å². The first-order valence-electron chi connectivity index (χ1n) is 12.6. The van der Waals surface area contributed by atoms with E-state index in [-0.39, 0.29) is 22.5 Å². The van der Waals surface area contributed by atoms with Gasteiger partial charge in [-0.05, 0) is 89.4 Å². The van der Waals surface area contributed by atoms with Crippen molar-refractivity contribution in [2.45, 2.75) is 103 Å². The number of nitrogens with zero attached hydrogens (tertiary/aromatic N) is 2. The van der Waals surface area contributed by atoms with Crippen LogP contribution >= 0.6 is 0 Å². The maximum Gasteiger partial charge on any atom is 0.487 e. The molecule has 2 saturated heterocycles. The van der Waals surface area contributed by atoms with E-state index < -0.39 is 15.4 Å². The second kappa shape index (κ2) is 8.80. The lowest BCUT2D eigenvalue weighted by atomic mass is 9.89. The van der Waals surface area contributed by atoms with Crippen LogP contribution in [0.4, 0.5) is 0 Å². The monoisotopic (exact) mass is 484 g/mol. The van der Waals surface area contributed by atoms with Gasteiger partial charge in [-0.1, -0.05) is 26.7 Å². The third kappa shape index (κ3) is 4.87. The second-order valence-electron chi connectivity index (χ2n) is 12.2. The lowest BCUT2D eigenvalue weighted by Gasteiger charge is -2.36. The van der Waals surface area contributed by atoms with Gasteiger partial charge in [0.05, 0.1) is 22.4 Å².